The molecule has 1 aliphatic heterocycles. The normalized spacial score (nSPS) is 15.4. The molecule has 7 nitrogen and oxygen atoms in total. The van der Waals surface area contributed by atoms with Gasteiger partial charge < -0.3 is 9.73 Å². The van der Waals surface area contributed by atoms with Crippen molar-refractivity contribution in [3.05, 3.63) is 54.4 Å². The lowest BCUT2D eigenvalue weighted by Crippen LogP contribution is -2.27. The van der Waals surface area contributed by atoms with Crippen molar-refractivity contribution >= 4 is 32.7 Å². The number of rotatable bonds is 4. The molecular formula is C18H17N3O4S. The van der Waals surface area contributed by atoms with Gasteiger partial charge in [0.1, 0.15) is 5.52 Å². The first-order chi connectivity index (χ1) is 12.5. The smallest absolute Gasteiger partial charge is 0.255 e. The van der Waals surface area contributed by atoms with Gasteiger partial charge in [-0.25, -0.2) is 13.4 Å². The van der Waals surface area contributed by atoms with Crippen molar-refractivity contribution in [2.75, 3.05) is 18.4 Å². The minimum atomic E-state index is -3.45. The highest BCUT2D eigenvalue weighted by Crippen LogP contribution is 2.22. The number of carbonyl (C=O) groups excluding carboxylic acids is 1. The first-order valence-corrected chi connectivity index (χ1v) is 9.73. The molecule has 0 aliphatic carbocycles. The maximum atomic E-state index is 12.5. The van der Waals surface area contributed by atoms with Crippen LogP contribution < -0.4 is 5.32 Å². The third kappa shape index (κ3) is 3.09. The van der Waals surface area contributed by atoms with E-state index in [1.165, 1.54) is 22.8 Å². The number of nitrogens with one attached hydrogen (secondary N) is 1. The number of aromatic nitrogens is 1. The fraction of sp³-hybridized carbons (Fsp3) is 0.222. The predicted octanol–water partition coefficient (Wildman–Crippen LogP) is 2.86. The number of nitrogens with zero attached hydrogens (tertiary/aromatic N) is 2. The molecule has 1 N–H and O–H groups in total. The van der Waals surface area contributed by atoms with Crippen molar-refractivity contribution in [2.45, 2.75) is 17.7 Å². The van der Waals surface area contributed by atoms with Crippen molar-refractivity contribution in [1.82, 2.24) is 9.29 Å². The van der Waals surface area contributed by atoms with E-state index in [1.807, 2.05) is 0 Å². The lowest BCUT2D eigenvalue weighted by molar-refractivity contribution is 0.102. The average molecular weight is 371 g/mol. The highest BCUT2D eigenvalue weighted by atomic mass is 32.2. The van der Waals surface area contributed by atoms with Crippen molar-refractivity contribution in [3.8, 4) is 0 Å². The summed E-state index contributed by atoms with van der Waals surface area (Å²) >= 11 is 0. The molecule has 1 aliphatic rings. The number of anilines is 1. The van der Waals surface area contributed by atoms with Gasteiger partial charge in [0.2, 0.25) is 10.0 Å². The van der Waals surface area contributed by atoms with E-state index in [2.05, 4.69) is 10.3 Å². The number of fused-ring (bicyclic) bond motifs is 1. The number of benzene rings is 2. The maximum Gasteiger partial charge on any atom is 0.255 e. The molecule has 1 saturated heterocycles. The first-order valence-electron chi connectivity index (χ1n) is 8.29. The topological polar surface area (TPSA) is 92.5 Å². The molecule has 1 aromatic heterocycles. The summed E-state index contributed by atoms with van der Waals surface area (Å²) in [6.45, 7) is 1.12. The van der Waals surface area contributed by atoms with Crippen LogP contribution in [-0.2, 0) is 10.0 Å². The molecule has 0 atom stereocenters. The standard InChI is InChI=1S/C18H17N3O4S/c22-18(13-3-8-17-16(11-13)19-12-25-17)20-14-4-6-15(7-5-14)26(23,24)21-9-1-2-10-21/h3-8,11-12H,1-2,9-10H2,(H,20,22). The predicted molar refractivity (Wildman–Crippen MR) is 96.4 cm³/mol. The molecule has 1 amide bonds. The number of carbonyl (C=O) groups is 1. The second-order valence-electron chi connectivity index (χ2n) is 6.12. The highest BCUT2D eigenvalue weighted by molar-refractivity contribution is 7.89. The summed E-state index contributed by atoms with van der Waals surface area (Å²) in [5.41, 5.74) is 2.18. The number of oxazole rings is 1. The van der Waals surface area contributed by atoms with Gasteiger partial charge in [0.15, 0.2) is 12.0 Å². The summed E-state index contributed by atoms with van der Waals surface area (Å²) in [4.78, 5) is 16.6. The molecule has 8 heteroatoms. The van der Waals surface area contributed by atoms with Crippen LogP contribution in [0.1, 0.15) is 23.2 Å². The Morgan fingerprint density at radius 2 is 1.81 bits per heavy atom. The molecule has 4 rings (SSSR count). The first kappa shape index (κ1) is 16.7. The van der Waals surface area contributed by atoms with Crippen LogP contribution in [0.4, 0.5) is 5.69 Å². The Labute approximate surface area is 150 Å². The van der Waals surface area contributed by atoms with Crippen LogP contribution in [0, 0.1) is 0 Å². The molecule has 134 valence electrons. The molecule has 0 radical (unpaired) electrons. The van der Waals surface area contributed by atoms with E-state index in [4.69, 9.17) is 4.42 Å². The molecule has 0 unspecified atom stereocenters. The van der Waals surface area contributed by atoms with Crippen LogP contribution in [0.5, 0.6) is 0 Å². The van der Waals surface area contributed by atoms with E-state index >= 15 is 0 Å². The minimum absolute atomic E-state index is 0.237. The van der Waals surface area contributed by atoms with Gasteiger partial charge in [-0.3, -0.25) is 4.79 Å². The van der Waals surface area contributed by atoms with Crippen LogP contribution in [-0.4, -0.2) is 36.7 Å². The quantitative estimate of drug-likeness (QED) is 0.761. The Bertz CT molecular complexity index is 1050. The van der Waals surface area contributed by atoms with E-state index in [0.29, 0.717) is 35.4 Å². The third-order valence-corrected chi connectivity index (χ3v) is 6.32. The summed E-state index contributed by atoms with van der Waals surface area (Å²) in [5, 5.41) is 2.76. The average Bonchev–Trinajstić information content (AvgIpc) is 3.33. The zero-order chi connectivity index (χ0) is 18.1. The molecule has 26 heavy (non-hydrogen) atoms. The SMILES string of the molecule is O=C(Nc1ccc(S(=O)(=O)N2CCCC2)cc1)c1ccc2ocnc2c1. The van der Waals surface area contributed by atoms with Crippen molar-refractivity contribution in [3.63, 3.8) is 0 Å². The highest BCUT2D eigenvalue weighted by Gasteiger charge is 2.26. The Morgan fingerprint density at radius 3 is 2.54 bits per heavy atom. The van der Waals surface area contributed by atoms with Gasteiger partial charge in [0.25, 0.3) is 5.91 Å². The van der Waals surface area contributed by atoms with E-state index in [1.54, 1.807) is 30.3 Å². The molecular weight excluding hydrogens is 354 g/mol. The molecule has 3 aromatic rings. The van der Waals surface area contributed by atoms with Gasteiger partial charge in [-0.2, -0.15) is 4.31 Å². The van der Waals surface area contributed by atoms with Crippen LogP contribution in [0.2, 0.25) is 0 Å². The van der Waals surface area contributed by atoms with Gasteiger partial charge in [-0.15, -0.1) is 0 Å². The Morgan fingerprint density at radius 1 is 1.08 bits per heavy atom. The van der Waals surface area contributed by atoms with Gasteiger partial charge in [0, 0.05) is 24.3 Å². The molecule has 2 aromatic carbocycles. The van der Waals surface area contributed by atoms with Gasteiger partial charge >= 0.3 is 0 Å². The van der Waals surface area contributed by atoms with Gasteiger partial charge in [-0.1, -0.05) is 0 Å². The van der Waals surface area contributed by atoms with Crippen LogP contribution in [0.25, 0.3) is 11.1 Å². The van der Waals surface area contributed by atoms with E-state index in [0.717, 1.165) is 12.8 Å². The molecule has 0 saturated carbocycles. The van der Waals surface area contributed by atoms with E-state index in [9.17, 15) is 13.2 Å². The summed E-state index contributed by atoms with van der Waals surface area (Å²) in [7, 11) is -3.45. The lowest BCUT2D eigenvalue weighted by Gasteiger charge is -2.15. The van der Waals surface area contributed by atoms with Gasteiger partial charge in [-0.05, 0) is 55.3 Å². The zero-order valence-electron chi connectivity index (χ0n) is 13.9. The minimum Gasteiger partial charge on any atom is -0.443 e. The number of hydrogen-bond donors (Lipinski definition) is 1. The molecule has 1 fully saturated rings. The summed E-state index contributed by atoms with van der Waals surface area (Å²) < 4.78 is 31.7. The maximum absolute atomic E-state index is 12.5. The van der Waals surface area contributed by atoms with E-state index in [-0.39, 0.29) is 10.8 Å². The van der Waals surface area contributed by atoms with Crippen molar-refractivity contribution in [2.24, 2.45) is 0 Å². The number of sulfonamides is 1. The monoisotopic (exact) mass is 371 g/mol. The molecule has 0 bridgehead atoms. The third-order valence-electron chi connectivity index (χ3n) is 4.41. The zero-order valence-corrected chi connectivity index (χ0v) is 14.7. The lowest BCUT2D eigenvalue weighted by atomic mass is 10.2. The summed E-state index contributed by atoms with van der Waals surface area (Å²) in [6, 6.07) is 11.2. The summed E-state index contributed by atoms with van der Waals surface area (Å²) in [6.07, 6.45) is 3.11. The second-order valence-corrected chi connectivity index (χ2v) is 8.06. The second kappa shape index (κ2) is 6.54. The van der Waals surface area contributed by atoms with Crippen LogP contribution in [0.15, 0.2) is 58.2 Å². The van der Waals surface area contributed by atoms with Crippen molar-refractivity contribution < 1.29 is 17.6 Å². The van der Waals surface area contributed by atoms with Crippen LogP contribution >= 0.6 is 0 Å². The van der Waals surface area contributed by atoms with E-state index < -0.39 is 10.0 Å². The van der Waals surface area contributed by atoms with Crippen LogP contribution in [0.3, 0.4) is 0 Å². The molecule has 0 spiro atoms. The number of hydrogen-bond acceptors (Lipinski definition) is 5. The molecule has 2 heterocycles. The largest absolute Gasteiger partial charge is 0.443 e. The Balaban J connectivity index is 1.50. The van der Waals surface area contributed by atoms with Gasteiger partial charge in [0.05, 0.1) is 4.90 Å². The fourth-order valence-corrected chi connectivity index (χ4v) is 4.51. The van der Waals surface area contributed by atoms with Crippen molar-refractivity contribution in [1.29, 1.82) is 0 Å². The number of amides is 1. The summed E-state index contributed by atoms with van der Waals surface area (Å²) in [5.74, 6) is -0.301. The Hall–Kier alpha value is -2.71. The Kier molecular flexibility index (Phi) is 4.21. The fourth-order valence-electron chi connectivity index (χ4n) is 2.99.